The number of amides is 3. The number of urea groups is 1. The van der Waals surface area contributed by atoms with E-state index in [1.54, 1.807) is 23.1 Å². The minimum Gasteiger partial charge on any atom is -0.366 e. The second-order valence-corrected chi connectivity index (χ2v) is 6.87. The number of nitrogens with two attached hydrogens (primary N) is 1. The maximum Gasteiger partial charge on any atom is 0.322 e. The third kappa shape index (κ3) is 6.25. The summed E-state index contributed by atoms with van der Waals surface area (Å²) < 4.78 is 0. The van der Waals surface area contributed by atoms with E-state index in [2.05, 4.69) is 11.9 Å². The summed E-state index contributed by atoms with van der Waals surface area (Å²) in [7, 11) is 3.88. The summed E-state index contributed by atoms with van der Waals surface area (Å²) in [5, 5.41) is 2.94. The number of nitrogens with one attached hydrogen (secondary N) is 1. The van der Waals surface area contributed by atoms with E-state index in [0.29, 0.717) is 30.9 Å². The molecule has 2 aromatic rings. The SMILES string of the molecule is C=CCN(CCc1ccccc1)C(=O)Nc1cc(C(N)=O)ccc1CN(C)C. The Morgan fingerprint density at radius 3 is 2.46 bits per heavy atom. The molecule has 0 spiro atoms. The molecule has 0 aliphatic carbocycles. The van der Waals surface area contributed by atoms with Gasteiger partial charge in [0.15, 0.2) is 0 Å². The fourth-order valence-electron chi connectivity index (χ4n) is 2.86. The van der Waals surface area contributed by atoms with Crippen LogP contribution in [0.15, 0.2) is 61.2 Å². The molecular weight excluding hydrogens is 352 g/mol. The predicted molar refractivity (Wildman–Crippen MR) is 113 cm³/mol. The third-order valence-corrected chi connectivity index (χ3v) is 4.27. The van der Waals surface area contributed by atoms with Gasteiger partial charge < -0.3 is 20.9 Å². The molecule has 28 heavy (non-hydrogen) atoms. The Morgan fingerprint density at radius 1 is 1.14 bits per heavy atom. The molecule has 0 fully saturated rings. The van der Waals surface area contributed by atoms with E-state index in [-0.39, 0.29) is 6.03 Å². The molecular formula is C22H28N4O2. The Hall–Kier alpha value is -3.12. The first-order chi connectivity index (χ1) is 13.4. The first-order valence-corrected chi connectivity index (χ1v) is 9.19. The third-order valence-electron chi connectivity index (χ3n) is 4.27. The highest BCUT2D eigenvalue weighted by atomic mass is 16.2. The van der Waals surface area contributed by atoms with Gasteiger partial charge in [-0.15, -0.1) is 6.58 Å². The van der Waals surface area contributed by atoms with Crippen LogP contribution in [0.25, 0.3) is 0 Å². The highest BCUT2D eigenvalue weighted by Gasteiger charge is 2.16. The van der Waals surface area contributed by atoms with Crippen LogP contribution in [0.3, 0.4) is 0 Å². The summed E-state index contributed by atoms with van der Waals surface area (Å²) in [6, 6.07) is 14.9. The van der Waals surface area contributed by atoms with Crippen molar-refractivity contribution in [2.45, 2.75) is 13.0 Å². The Morgan fingerprint density at radius 2 is 1.86 bits per heavy atom. The van der Waals surface area contributed by atoms with Crippen molar-refractivity contribution in [2.75, 3.05) is 32.5 Å². The van der Waals surface area contributed by atoms with Crippen LogP contribution < -0.4 is 11.1 Å². The number of benzene rings is 2. The minimum absolute atomic E-state index is 0.238. The molecule has 6 heteroatoms. The molecule has 0 saturated carbocycles. The number of carbonyl (C=O) groups excluding carboxylic acids is 2. The molecule has 0 atom stereocenters. The lowest BCUT2D eigenvalue weighted by molar-refractivity contribution is 0.1000. The van der Waals surface area contributed by atoms with Gasteiger partial charge in [0.1, 0.15) is 0 Å². The molecule has 0 aliphatic heterocycles. The Bertz CT molecular complexity index is 819. The van der Waals surface area contributed by atoms with E-state index >= 15 is 0 Å². The van der Waals surface area contributed by atoms with Crippen molar-refractivity contribution in [2.24, 2.45) is 5.73 Å². The average molecular weight is 380 g/mol. The topological polar surface area (TPSA) is 78.7 Å². The van der Waals surface area contributed by atoms with E-state index in [1.807, 2.05) is 55.4 Å². The first-order valence-electron chi connectivity index (χ1n) is 9.19. The van der Waals surface area contributed by atoms with E-state index in [1.165, 1.54) is 0 Å². The molecule has 0 aromatic heterocycles. The highest BCUT2D eigenvalue weighted by Crippen LogP contribution is 2.20. The Balaban J connectivity index is 2.17. The number of nitrogens with zero attached hydrogens (tertiary/aromatic N) is 2. The van der Waals surface area contributed by atoms with Crippen LogP contribution in [0.2, 0.25) is 0 Å². The summed E-state index contributed by atoms with van der Waals surface area (Å²) >= 11 is 0. The van der Waals surface area contributed by atoms with Gasteiger partial charge in [-0.2, -0.15) is 0 Å². The van der Waals surface area contributed by atoms with Crippen molar-refractivity contribution in [1.82, 2.24) is 9.80 Å². The first kappa shape index (κ1) is 21.2. The van der Waals surface area contributed by atoms with Gasteiger partial charge >= 0.3 is 6.03 Å². The molecule has 3 N–H and O–H groups in total. The zero-order chi connectivity index (χ0) is 20.5. The van der Waals surface area contributed by atoms with Crippen LogP contribution in [0.5, 0.6) is 0 Å². The van der Waals surface area contributed by atoms with Gasteiger partial charge in [-0.3, -0.25) is 4.79 Å². The molecule has 148 valence electrons. The molecule has 0 aliphatic rings. The maximum absolute atomic E-state index is 12.9. The van der Waals surface area contributed by atoms with E-state index in [4.69, 9.17) is 5.73 Å². The Kier molecular flexibility index (Phi) is 7.77. The summed E-state index contributed by atoms with van der Waals surface area (Å²) in [6.45, 7) is 5.36. The van der Waals surface area contributed by atoms with Gasteiger partial charge in [0.25, 0.3) is 0 Å². The van der Waals surface area contributed by atoms with Crippen LogP contribution in [0.4, 0.5) is 10.5 Å². The quantitative estimate of drug-likeness (QED) is 0.656. The lowest BCUT2D eigenvalue weighted by Crippen LogP contribution is -2.37. The molecule has 0 radical (unpaired) electrons. The summed E-state index contributed by atoms with van der Waals surface area (Å²) in [5.41, 5.74) is 8.41. The lowest BCUT2D eigenvalue weighted by Gasteiger charge is -2.23. The largest absolute Gasteiger partial charge is 0.366 e. The minimum atomic E-state index is -0.529. The van der Waals surface area contributed by atoms with Gasteiger partial charge in [0.05, 0.1) is 0 Å². The zero-order valence-electron chi connectivity index (χ0n) is 16.5. The van der Waals surface area contributed by atoms with Crippen LogP contribution in [0.1, 0.15) is 21.5 Å². The second kappa shape index (κ2) is 10.3. The van der Waals surface area contributed by atoms with E-state index in [9.17, 15) is 9.59 Å². The molecule has 2 aromatic carbocycles. The smallest absolute Gasteiger partial charge is 0.322 e. The van der Waals surface area contributed by atoms with E-state index < -0.39 is 5.91 Å². The fourth-order valence-corrected chi connectivity index (χ4v) is 2.86. The average Bonchev–Trinajstić information content (AvgIpc) is 2.66. The number of anilines is 1. The van der Waals surface area contributed by atoms with Gasteiger partial charge in [-0.25, -0.2) is 4.79 Å². The van der Waals surface area contributed by atoms with Crippen LogP contribution in [-0.2, 0) is 13.0 Å². The van der Waals surface area contributed by atoms with Gasteiger partial charge in [-0.05, 0) is 43.8 Å². The molecule has 0 heterocycles. The summed E-state index contributed by atoms with van der Waals surface area (Å²) in [5.74, 6) is -0.529. The monoisotopic (exact) mass is 380 g/mol. The molecule has 0 bridgehead atoms. The molecule has 6 nitrogen and oxygen atoms in total. The number of rotatable bonds is 9. The normalized spacial score (nSPS) is 10.5. The summed E-state index contributed by atoms with van der Waals surface area (Å²) in [6.07, 6.45) is 2.44. The predicted octanol–water partition coefficient (Wildman–Crippen LogP) is 3.11. The van der Waals surface area contributed by atoms with Crippen molar-refractivity contribution < 1.29 is 9.59 Å². The molecule has 0 saturated heterocycles. The Labute approximate surface area is 166 Å². The molecule has 3 amide bonds. The van der Waals surface area contributed by atoms with Gasteiger partial charge in [0.2, 0.25) is 5.91 Å². The lowest BCUT2D eigenvalue weighted by atomic mass is 10.1. The maximum atomic E-state index is 12.9. The number of carbonyl (C=O) groups is 2. The second-order valence-electron chi connectivity index (χ2n) is 6.87. The number of hydrogen-bond donors (Lipinski definition) is 2. The standard InChI is InChI=1S/C22H28N4O2/c1-4-13-26(14-12-17-8-6-5-7-9-17)22(28)24-20-15-18(21(23)27)10-11-19(20)16-25(2)3/h4-11,15H,1,12-14,16H2,2-3H3,(H2,23,27)(H,24,28). The van der Waals surface area contributed by atoms with Crippen LogP contribution in [0, 0.1) is 0 Å². The number of hydrogen-bond acceptors (Lipinski definition) is 3. The zero-order valence-corrected chi connectivity index (χ0v) is 16.5. The van der Waals surface area contributed by atoms with E-state index in [0.717, 1.165) is 17.5 Å². The molecule has 0 unspecified atom stereocenters. The van der Waals surface area contributed by atoms with Gasteiger partial charge in [-0.1, -0.05) is 42.5 Å². The highest BCUT2D eigenvalue weighted by molar-refractivity contribution is 5.96. The van der Waals surface area contributed by atoms with Gasteiger partial charge in [0, 0.05) is 30.9 Å². The van der Waals surface area contributed by atoms with Crippen LogP contribution in [-0.4, -0.2) is 48.9 Å². The molecule has 2 rings (SSSR count). The van der Waals surface area contributed by atoms with Crippen molar-refractivity contribution >= 4 is 17.6 Å². The number of primary amides is 1. The van der Waals surface area contributed by atoms with Crippen molar-refractivity contribution in [1.29, 1.82) is 0 Å². The van der Waals surface area contributed by atoms with Crippen molar-refractivity contribution in [3.05, 3.63) is 77.9 Å². The van der Waals surface area contributed by atoms with Crippen LogP contribution >= 0.6 is 0 Å². The van der Waals surface area contributed by atoms with Crippen molar-refractivity contribution in [3.63, 3.8) is 0 Å². The fraction of sp³-hybridized carbons (Fsp3) is 0.273. The summed E-state index contributed by atoms with van der Waals surface area (Å²) in [4.78, 5) is 28.1. The van der Waals surface area contributed by atoms with Crippen molar-refractivity contribution in [3.8, 4) is 0 Å².